The van der Waals surface area contributed by atoms with Crippen LogP contribution in [-0.2, 0) is 5.54 Å². The van der Waals surface area contributed by atoms with Crippen molar-refractivity contribution >= 4 is 11.8 Å². The number of hydrogen-bond donors (Lipinski definition) is 2. The summed E-state index contributed by atoms with van der Waals surface area (Å²) in [5, 5.41) is 9.74. The molecule has 0 radical (unpaired) electrons. The molecule has 3 N–H and O–H groups in total. The SMILES string of the molecule is CSc1cc(C)c(O)cc1C1(N)CCC1. The summed E-state index contributed by atoms with van der Waals surface area (Å²) in [5.41, 5.74) is 8.14. The minimum absolute atomic E-state index is 0.191. The molecule has 82 valence electrons. The van der Waals surface area contributed by atoms with Gasteiger partial charge in [-0.05, 0) is 55.7 Å². The summed E-state index contributed by atoms with van der Waals surface area (Å²) >= 11 is 1.70. The highest BCUT2D eigenvalue weighted by Gasteiger charge is 2.36. The Hall–Kier alpha value is -0.670. The molecule has 0 amide bonds. The number of phenolic OH excluding ortho intramolecular Hbond substituents is 1. The zero-order valence-corrected chi connectivity index (χ0v) is 10.0. The third kappa shape index (κ3) is 1.74. The van der Waals surface area contributed by atoms with Crippen LogP contribution in [-0.4, -0.2) is 11.4 Å². The quantitative estimate of drug-likeness (QED) is 0.758. The molecule has 0 aliphatic heterocycles. The van der Waals surface area contributed by atoms with Crippen molar-refractivity contribution in [3.63, 3.8) is 0 Å². The van der Waals surface area contributed by atoms with Crippen LogP contribution in [0.2, 0.25) is 0 Å². The molecule has 1 fully saturated rings. The maximum absolute atomic E-state index is 9.74. The molecule has 0 atom stereocenters. The fraction of sp³-hybridized carbons (Fsp3) is 0.500. The molecule has 1 aromatic rings. The molecule has 2 rings (SSSR count). The van der Waals surface area contributed by atoms with Crippen LogP contribution in [0.1, 0.15) is 30.4 Å². The molecule has 0 spiro atoms. The third-order valence-electron chi connectivity index (χ3n) is 3.30. The first kappa shape index (κ1) is 10.8. The van der Waals surface area contributed by atoms with Crippen LogP contribution in [0, 0.1) is 6.92 Å². The van der Waals surface area contributed by atoms with Crippen LogP contribution >= 0.6 is 11.8 Å². The van der Waals surface area contributed by atoms with E-state index < -0.39 is 0 Å². The van der Waals surface area contributed by atoms with Crippen molar-refractivity contribution in [2.75, 3.05) is 6.26 Å². The van der Waals surface area contributed by atoms with Gasteiger partial charge < -0.3 is 10.8 Å². The molecule has 0 aromatic heterocycles. The van der Waals surface area contributed by atoms with Gasteiger partial charge in [-0.15, -0.1) is 11.8 Å². The Morgan fingerprint density at radius 3 is 2.53 bits per heavy atom. The standard InChI is InChI=1S/C12H17NOS/c1-8-6-11(15-2)9(7-10(8)14)12(13)4-3-5-12/h6-7,14H,3-5,13H2,1-2H3. The van der Waals surface area contributed by atoms with Gasteiger partial charge in [0.25, 0.3) is 0 Å². The minimum Gasteiger partial charge on any atom is -0.508 e. The highest BCUT2D eigenvalue weighted by atomic mass is 32.2. The predicted molar refractivity (Wildman–Crippen MR) is 64.3 cm³/mol. The number of phenols is 1. The maximum atomic E-state index is 9.74. The Balaban J connectivity index is 2.49. The Morgan fingerprint density at radius 2 is 2.07 bits per heavy atom. The summed E-state index contributed by atoms with van der Waals surface area (Å²) in [4.78, 5) is 1.20. The van der Waals surface area contributed by atoms with E-state index in [-0.39, 0.29) is 5.54 Å². The van der Waals surface area contributed by atoms with Gasteiger partial charge >= 0.3 is 0 Å². The molecular weight excluding hydrogens is 206 g/mol. The maximum Gasteiger partial charge on any atom is 0.118 e. The monoisotopic (exact) mass is 223 g/mol. The normalized spacial score (nSPS) is 18.6. The van der Waals surface area contributed by atoms with E-state index >= 15 is 0 Å². The van der Waals surface area contributed by atoms with Gasteiger partial charge in [0.1, 0.15) is 5.75 Å². The zero-order valence-electron chi connectivity index (χ0n) is 9.21. The Kier molecular flexibility index (Phi) is 2.69. The molecule has 1 aliphatic rings. The Bertz CT molecular complexity index is 385. The topological polar surface area (TPSA) is 46.2 Å². The molecule has 1 aromatic carbocycles. The van der Waals surface area contributed by atoms with Crippen molar-refractivity contribution in [1.29, 1.82) is 0 Å². The van der Waals surface area contributed by atoms with Gasteiger partial charge in [0.15, 0.2) is 0 Å². The molecule has 3 heteroatoms. The second kappa shape index (κ2) is 3.72. The minimum atomic E-state index is -0.191. The van der Waals surface area contributed by atoms with Crippen molar-refractivity contribution < 1.29 is 5.11 Å². The molecular formula is C12H17NOS. The van der Waals surface area contributed by atoms with E-state index in [9.17, 15) is 5.11 Å². The van der Waals surface area contributed by atoms with Crippen molar-refractivity contribution in [3.8, 4) is 5.75 Å². The highest BCUT2D eigenvalue weighted by Crippen LogP contribution is 2.44. The van der Waals surface area contributed by atoms with Crippen LogP contribution in [0.4, 0.5) is 0 Å². The summed E-state index contributed by atoms with van der Waals surface area (Å²) < 4.78 is 0. The van der Waals surface area contributed by atoms with Gasteiger partial charge in [0.2, 0.25) is 0 Å². The largest absolute Gasteiger partial charge is 0.508 e. The Labute approximate surface area is 94.9 Å². The van der Waals surface area contributed by atoms with E-state index in [0.29, 0.717) is 5.75 Å². The molecule has 2 nitrogen and oxygen atoms in total. The summed E-state index contributed by atoms with van der Waals surface area (Å²) in [6.07, 6.45) is 5.31. The van der Waals surface area contributed by atoms with Gasteiger partial charge in [-0.1, -0.05) is 0 Å². The number of nitrogens with two attached hydrogens (primary N) is 1. The van der Waals surface area contributed by atoms with Gasteiger partial charge in [0.05, 0.1) is 0 Å². The molecule has 15 heavy (non-hydrogen) atoms. The lowest BCUT2D eigenvalue weighted by atomic mass is 9.72. The lowest BCUT2D eigenvalue weighted by Gasteiger charge is -2.39. The third-order valence-corrected chi connectivity index (χ3v) is 4.08. The number of rotatable bonds is 2. The van der Waals surface area contributed by atoms with Gasteiger partial charge in [0, 0.05) is 10.4 Å². The van der Waals surface area contributed by atoms with E-state index in [1.165, 1.54) is 11.3 Å². The van der Waals surface area contributed by atoms with Crippen LogP contribution < -0.4 is 5.73 Å². The lowest BCUT2D eigenvalue weighted by molar-refractivity contribution is 0.248. The average Bonchev–Trinajstić information content (AvgIpc) is 2.18. The first-order valence-corrected chi connectivity index (χ1v) is 6.46. The highest BCUT2D eigenvalue weighted by molar-refractivity contribution is 7.98. The lowest BCUT2D eigenvalue weighted by Crippen LogP contribution is -2.43. The molecule has 0 bridgehead atoms. The van der Waals surface area contributed by atoms with Crippen molar-refractivity contribution in [3.05, 3.63) is 23.3 Å². The van der Waals surface area contributed by atoms with Crippen LogP contribution in [0.3, 0.4) is 0 Å². The van der Waals surface area contributed by atoms with Gasteiger partial charge in [-0.25, -0.2) is 0 Å². The first-order chi connectivity index (χ1) is 7.07. The summed E-state index contributed by atoms with van der Waals surface area (Å²) in [6.45, 7) is 1.92. The van der Waals surface area contributed by atoms with Crippen LogP contribution in [0.15, 0.2) is 17.0 Å². The summed E-state index contributed by atoms with van der Waals surface area (Å²) in [5.74, 6) is 0.361. The molecule has 1 saturated carbocycles. The van der Waals surface area contributed by atoms with E-state index in [4.69, 9.17) is 5.73 Å². The van der Waals surface area contributed by atoms with E-state index in [2.05, 4.69) is 6.26 Å². The zero-order chi connectivity index (χ0) is 11.1. The van der Waals surface area contributed by atoms with E-state index in [0.717, 1.165) is 24.0 Å². The smallest absolute Gasteiger partial charge is 0.118 e. The molecule has 0 heterocycles. The number of benzene rings is 1. The molecule has 0 saturated heterocycles. The Morgan fingerprint density at radius 1 is 1.40 bits per heavy atom. The predicted octanol–water partition coefficient (Wildman–Crippen LogP) is 2.76. The number of aromatic hydroxyl groups is 1. The van der Waals surface area contributed by atoms with Crippen LogP contribution in [0.25, 0.3) is 0 Å². The number of hydrogen-bond acceptors (Lipinski definition) is 3. The van der Waals surface area contributed by atoms with Gasteiger partial charge in [-0.3, -0.25) is 0 Å². The van der Waals surface area contributed by atoms with Crippen molar-refractivity contribution in [2.24, 2.45) is 5.73 Å². The van der Waals surface area contributed by atoms with Crippen molar-refractivity contribution in [2.45, 2.75) is 36.6 Å². The van der Waals surface area contributed by atoms with Crippen LogP contribution in [0.5, 0.6) is 5.75 Å². The first-order valence-electron chi connectivity index (χ1n) is 5.24. The fourth-order valence-corrected chi connectivity index (χ4v) is 2.83. The van der Waals surface area contributed by atoms with Gasteiger partial charge in [-0.2, -0.15) is 0 Å². The average molecular weight is 223 g/mol. The number of thioether (sulfide) groups is 1. The van der Waals surface area contributed by atoms with Crippen molar-refractivity contribution in [1.82, 2.24) is 0 Å². The summed E-state index contributed by atoms with van der Waals surface area (Å²) in [6, 6.07) is 3.88. The van der Waals surface area contributed by atoms with E-state index in [1.807, 2.05) is 19.1 Å². The summed E-state index contributed by atoms with van der Waals surface area (Å²) in [7, 11) is 0. The molecule has 1 aliphatic carbocycles. The molecule has 0 unspecified atom stereocenters. The van der Waals surface area contributed by atoms with E-state index in [1.54, 1.807) is 11.8 Å². The fourth-order valence-electron chi connectivity index (χ4n) is 2.06. The number of aryl methyl sites for hydroxylation is 1. The second-order valence-electron chi connectivity index (χ2n) is 4.35. The second-order valence-corrected chi connectivity index (χ2v) is 5.20.